The minimum Gasteiger partial charge on any atom is -0.303 e. The van der Waals surface area contributed by atoms with Gasteiger partial charge >= 0.3 is 0 Å². The van der Waals surface area contributed by atoms with E-state index in [4.69, 9.17) is 0 Å². The van der Waals surface area contributed by atoms with E-state index in [1.165, 1.54) is 38.8 Å². The molecule has 4 rings (SSSR count). The molecule has 2 unspecified atom stereocenters. The maximum absolute atomic E-state index is 3.97. The summed E-state index contributed by atoms with van der Waals surface area (Å²) in [6, 6.07) is 12.2. The lowest BCUT2D eigenvalue weighted by Gasteiger charge is -2.34. The van der Waals surface area contributed by atoms with E-state index < -0.39 is 0 Å². The van der Waals surface area contributed by atoms with Gasteiger partial charge in [0.15, 0.2) is 0 Å². The highest BCUT2D eigenvalue weighted by Gasteiger charge is 2.29. The van der Waals surface area contributed by atoms with Crippen molar-refractivity contribution in [2.45, 2.75) is 46.2 Å². The molecule has 0 aliphatic carbocycles. The Hall–Kier alpha value is -0.420. The van der Waals surface area contributed by atoms with Gasteiger partial charge in [0.2, 0.25) is 0 Å². The molecule has 0 saturated heterocycles. The van der Waals surface area contributed by atoms with Gasteiger partial charge in [0.1, 0.15) is 0 Å². The van der Waals surface area contributed by atoms with Crippen molar-refractivity contribution in [3.63, 3.8) is 0 Å². The molecule has 1 nitrogen and oxygen atoms in total. The van der Waals surface area contributed by atoms with Crippen LogP contribution in [0.2, 0.25) is 0 Å². The van der Waals surface area contributed by atoms with Crippen LogP contribution < -0.4 is 5.32 Å². The second-order valence-corrected chi connectivity index (χ2v) is 9.53. The van der Waals surface area contributed by atoms with Gasteiger partial charge in [-0.3, -0.25) is 0 Å². The zero-order chi connectivity index (χ0) is 14.2. The summed E-state index contributed by atoms with van der Waals surface area (Å²) in [6.45, 7) is 2.35. The molecular weight excluding hydrogens is 314 g/mol. The van der Waals surface area contributed by atoms with Gasteiger partial charge in [0.25, 0.3) is 0 Å². The van der Waals surface area contributed by atoms with Crippen molar-refractivity contribution in [2.24, 2.45) is 0 Å². The quantitative estimate of drug-likeness (QED) is 0.779. The molecule has 2 aliphatic heterocycles. The molecule has 1 aromatic heterocycles. The number of benzene rings is 1. The van der Waals surface area contributed by atoms with Gasteiger partial charge in [-0.25, -0.2) is 0 Å². The topological polar surface area (TPSA) is 12.0 Å². The second kappa shape index (κ2) is 5.99. The van der Waals surface area contributed by atoms with E-state index in [1.807, 2.05) is 34.9 Å². The molecule has 2 aliphatic rings. The van der Waals surface area contributed by atoms with E-state index in [0.29, 0.717) is 17.3 Å². The largest absolute Gasteiger partial charge is 0.303 e. The van der Waals surface area contributed by atoms with Crippen LogP contribution in [0.4, 0.5) is 0 Å². The number of fused-ring (bicyclic) bond motifs is 2. The lowest BCUT2D eigenvalue weighted by molar-refractivity contribution is 0.405. The van der Waals surface area contributed by atoms with Gasteiger partial charge in [-0.15, -0.1) is 34.9 Å². The molecule has 0 bridgehead atoms. The summed E-state index contributed by atoms with van der Waals surface area (Å²) in [7, 11) is 0. The minimum atomic E-state index is 0.510. The monoisotopic (exact) mass is 333 g/mol. The van der Waals surface area contributed by atoms with Gasteiger partial charge in [0, 0.05) is 22.2 Å². The summed E-state index contributed by atoms with van der Waals surface area (Å²) >= 11 is 5.94. The Labute approximate surface area is 138 Å². The van der Waals surface area contributed by atoms with Gasteiger partial charge in [-0.05, 0) is 47.2 Å². The van der Waals surface area contributed by atoms with Crippen molar-refractivity contribution < 1.29 is 0 Å². The third kappa shape index (κ3) is 2.79. The molecule has 2 aromatic rings. The first-order chi connectivity index (χ1) is 10.3. The van der Waals surface area contributed by atoms with Crippen molar-refractivity contribution in [1.29, 1.82) is 0 Å². The highest BCUT2D eigenvalue weighted by molar-refractivity contribution is 8.01. The summed E-state index contributed by atoms with van der Waals surface area (Å²) in [5.41, 5.74) is 3.02. The predicted octanol–water partition coefficient (Wildman–Crippen LogP) is 5.50. The van der Waals surface area contributed by atoms with Crippen LogP contribution in [0.15, 0.2) is 44.8 Å². The number of thioether (sulfide) groups is 2. The predicted molar refractivity (Wildman–Crippen MR) is 94.7 cm³/mol. The van der Waals surface area contributed by atoms with Gasteiger partial charge in [0.05, 0.1) is 4.21 Å². The fourth-order valence-electron chi connectivity index (χ4n) is 3.27. The fraction of sp³-hybridized carbons (Fsp3) is 0.412. The first-order valence-corrected chi connectivity index (χ1v) is 10.3. The van der Waals surface area contributed by atoms with E-state index in [1.54, 1.807) is 0 Å². The minimum absolute atomic E-state index is 0.510. The molecule has 3 heterocycles. The van der Waals surface area contributed by atoms with Crippen molar-refractivity contribution in [2.75, 3.05) is 5.75 Å². The molecule has 4 heteroatoms. The SMILES string of the molecule is C[C@H]1CC(NC2CCSc3ccccc32)c2ccsc2S1. The molecule has 0 spiro atoms. The van der Waals surface area contributed by atoms with Crippen LogP contribution in [-0.2, 0) is 0 Å². The first-order valence-electron chi connectivity index (χ1n) is 7.53. The molecule has 110 valence electrons. The summed E-state index contributed by atoms with van der Waals surface area (Å²) in [4.78, 5) is 1.46. The van der Waals surface area contributed by atoms with Gasteiger partial charge < -0.3 is 5.32 Å². The highest BCUT2D eigenvalue weighted by atomic mass is 32.2. The van der Waals surface area contributed by atoms with Crippen LogP contribution in [0.1, 0.15) is 43.0 Å². The second-order valence-electron chi connectivity index (χ2n) is 5.77. The molecule has 0 amide bonds. The van der Waals surface area contributed by atoms with Gasteiger partial charge in [-0.2, -0.15) is 0 Å². The van der Waals surface area contributed by atoms with Crippen LogP contribution in [0.5, 0.6) is 0 Å². The van der Waals surface area contributed by atoms with Crippen LogP contribution in [-0.4, -0.2) is 11.0 Å². The Bertz CT molecular complexity index is 636. The average Bonchev–Trinajstić information content (AvgIpc) is 2.96. The number of thiophene rings is 1. The Morgan fingerprint density at radius 3 is 2.95 bits per heavy atom. The Balaban J connectivity index is 1.60. The normalized spacial score (nSPS) is 28.0. The molecule has 1 aromatic carbocycles. The van der Waals surface area contributed by atoms with Gasteiger partial charge in [-0.1, -0.05) is 25.1 Å². The zero-order valence-corrected chi connectivity index (χ0v) is 14.5. The molecular formula is C17H19NS3. The Kier molecular flexibility index (Phi) is 4.05. The third-order valence-electron chi connectivity index (χ3n) is 4.27. The number of hydrogen-bond acceptors (Lipinski definition) is 4. The van der Waals surface area contributed by atoms with Crippen molar-refractivity contribution in [1.82, 2.24) is 5.32 Å². The van der Waals surface area contributed by atoms with Crippen LogP contribution >= 0.6 is 34.9 Å². The molecule has 3 atom stereocenters. The third-order valence-corrected chi connectivity index (χ3v) is 7.74. The average molecular weight is 334 g/mol. The standard InChI is InChI=1S/C17H19NS3/c1-11-10-15(13-6-8-20-17(13)21-11)18-14-7-9-19-16-5-3-2-4-12(14)16/h2-6,8,11,14-15,18H,7,9-10H2,1H3/t11-,14?,15?/m0/s1. The molecule has 0 fully saturated rings. The van der Waals surface area contributed by atoms with Crippen LogP contribution in [0.25, 0.3) is 0 Å². The maximum atomic E-state index is 3.97. The van der Waals surface area contributed by atoms with Crippen molar-refractivity contribution >= 4 is 34.9 Å². The zero-order valence-electron chi connectivity index (χ0n) is 12.0. The number of rotatable bonds is 2. The van der Waals surface area contributed by atoms with Crippen molar-refractivity contribution in [3.8, 4) is 0 Å². The molecule has 1 N–H and O–H groups in total. The molecule has 21 heavy (non-hydrogen) atoms. The molecule has 0 saturated carbocycles. The maximum Gasteiger partial charge on any atom is 0.0649 e. The summed E-state index contributed by atoms with van der Waals surface area (Å²) in [5, 5.41) is 6.92. The smallest absolute Gasteiger partial charge is 0.0649 e. The number of nitrogens with one attached hydrogen (secondary N) is 1. The van der Waals surface area contributed by atoms with Crippen molar-refractivity contribution in [3.05, 3.63) is 46.8 Å². The summed E-state index contributed by atoms with van der Waals surface area (Å²) in [6.07, 6.45) is 2.47. The van der Waals surface area contributed by atoms with E-state index in [-0.39, 0.29) is 0 Å². The first kappa shape index (κ1) is 14.2. The number of hydrogen-bond donors (Lipinski definition) is 1. The highest BCUT2D eigenvalue weighted by Crippen LogP contribution is 2.45. The van der Waals surface area contributed by atoms with E-state index in [2.05, 4.69) is 48.0 Å². The van der Waals surface area contributed by atoms with Crippen LogP contribution in [0.3, 0.4) is 0 Å². The fourth-order valence-corrected chi connectivity index (χ4v) is 6.96. The lowest BCUT2D eigenvalue weighted by Crippen LogP contribution is -2.31. The van der Waals surface area contributed by atoms with Crippen LogP contribution in [0, 0.1) is 0 Å². The lowest BCUT2D eigenvalue weighted by atomic mass is 9.98. The van der Waals surface area contributed by atoms with E-state index in [0.717, 1.165) is 0 Å². The Morgan fingerprint density at radius 2 is 2.00 bits per heavy atom. The Morgan fingerprint density at radius 1 is 1.10 bits per heavy atom. The summed E-state index contributed by atoms with van der Waals surface area (Å²) < 4.78 is 1.52. The summed E-state index contributed by atoms with van der Waals surface area (Å²) in [5.74, 6) is 1.22. The molecule has 0 radical (unpaired) electrons. The van der Waals surface area contributed by atoms with E-state index in [9.17, 15) is 0 Å². The van der Waals surface area contributed by atoms with E-state index >= 15 is 0 Å².